The van der Waals surface area contributed by atoms with E-state index in [1.807, 2.05) is 31.2 Å². The smallest absolute Gasteiger partial charge is 0.326 e. The molecular formula is C17H18N2O3. The Hall–Kier alpha value is -2.43. The van der Waals surface area contributed by atoms with Gasteiger partial charge in [0.25, 0.3) is 5.91 Å². The Morgan fingerprint density at radius 2 is 2.09 bits per heavy atom. The van der Waals surface area contributed by atoms with Gasteiger partial charge >= 0.3 is 5.97 Å². The van der Waals surface area contributed by atoms with Gasteiger partial charge < -0.3 is 10.4 Å². The summed E-state index contributed by atoms with van der Waals surface area (Å²) in [5.74, 6) is -0.901. The quantitative estimate of drug-likeness (QED) is 0.889. The lowest BCUT2D eigenvalue weighted by molar-refractivity contribution is -0.139. The summed E-state index contributed by atoms with van der Waals surface area (Å²) < 4.78 is 0. The van der Waals surface area contributed by atoms with Crippen LogP contribution in [0.2, 0.25) is 0 Å². The maximum atomic E-state index is 12.5. The molecule has 1 aromatic heterocycles. The van der Waals surface area contributed by atoms with Crippen molar-refractivity contribution in [1.29, 1.82) is 0 Å². The Labute approximate surface area is 128 Å². The van der Waals surface area contributed by atoms with E-state index in [2.05, 4.69) is 10.3 Å². The zero-order chi connectivity index (χ0) is 15.7. The standard InChI is InChI=1S/C17H18N2O3/c1-10-8-13(12-4-2-3-5-14(12)18-10)16(20)19-15(17(21)22)9-11-6-7-11/h2-5,8,11,15H,6-7,9H2,1H3,(H,19,20)(H,21,22). The van der Waals surface area contributed by atoms with Gasteiger partial charge in [0.05, 0.1) is 11.1 Å². The first-order chi connectivity index (χ1) is 10.5. The van der Waals surface area contributed by atoms with Crippen LogP contribution in [-0.2, 0) is 4.79 Å². The van der Waals surface area contributed by atoms with E-state index in [4.69, 9.17) is 0 Å². The summed E-state index contributed by atoms with van der Waals surface area (Å²) in [6.07, 6.45) is 2.61. The van der Waals surface area contributed by atoms with E-state index in [1.54, 1.807) is 6.07 Å². The predicted molar refractivity (Wildman–Crippen MR) is 82.7 cm³/mol. The highest BCUT2D eigenvalue weighted by atomic mass is 16.4. The van der Waals surface area contributed by atoms with Crippen LogP contribution >= 0.6 is 0 Å². The predicted octanol–water partition coefficient (Wildman–Crippen LogP) is 2.53. The van der Waals surface area contributed by atoms with E-state index in [9.17, 15) is 14.7 Å². The highest BCUT2D eigenvalue weighted by molar-refractivity contribution is 6.07. The molecule has 1 saturated carbocycles. The fourth-order valence-corrected chi connectivity index (χ4v) is 2.64. The summed E-state index contributed by atoms with van der Waals surface area (Å²) >= 11 is 0. The topological polar surface area (TPSA) is 79.3 Å². The number of fused-ring (bicyclic) bond motifs is 1. The van der Waals surface area contributed by atoms with Crippen LogP contribution in [0.25, 0.3) is 10.9 Å². The number of nitrogens with one attached hydrogen (secondary N) is 1. The number of nitrogens with zero attached hydrogens (tertiary/aromatic N) is 1. The summed E-state index contributed by atoms with van der Waals surface area (Å²) in [6, 6.07) is 8.25. The number of amides is 1. The number of carboxylic acids is 1. The molecule has 1 aliphatic carbocycles. The SMILES string of the molecule is Cc1cc(C(=O)NC(CC2CC2)C(=O)O)c2ccccc2n1. The molecule has 1 unspecified atom stereocenters. The molecule has 2 N–H and O–H groups in total. The Kier molecular flexibility index (Phi) is 3.79. The number of hydrogen-bond donors (Lipinski definition) is 2. The lowest BCUT2D eigenvalue weighted by Gasteiger charge is -2.15. The number of aliphatic carboxylic acids is 1. The van der Waals surface area contributed by atoms with Gasteiger partial charge in [0.1, 0.15) is 6.04 Å². The maximum Gasteiger partial charge on any atom is 0.326 e. The fourth-order valence-electron chi connectivity index (χ4n) is 2.64. The number of benzene rings is 1. The molecule has 0 bridgehead atoms. The molecular weight excluding hydrogens is 280 g/mol. The number of aromatic nitrogens is 1. The Morgan fingerprint density at radius 3 is 2.77 bits per heavy atom. The van der Waals surface area contributed by atoms with Crippen LogP contribution in [0, 0.1) is 12.8 Å². The van der Waals surface area contributed by atoms with Crippen molar-refractivity contribution in [3.8, 4) is 0 Å². The Morgan fingerprint density at radius 1 is 1.36 bits per heavy atom. The van der Waals surface area contributed by atoms with Crippen molar-refractivity contribution in [1.82, 2.24) is 10.3 Å². The summed E-state index contributed by atoms with van der Waals surface area (Å²) in [5, 5.41) is 12.7. The third-order valence-corrected chi connectivity index (χ3v) is 3.96. The highest BCUT2D eigenvalue weighted by Gasteiger charge is 2.30. The van der Waals surface area contributed by atoms with Gasteiger partial charge in [-0.2, -0.15) is 0 Å². The van der Waals surface area contributed by atoms with E-state index in [-0.39, 0.29) is 5.91 Å². The third kappa shape index (κ3) is 3.08. The number of para-hydroxylation sites is 1. The van der Waals surface area contributed by atoms with Gasteiger partial charge in [-0.05, 0) is 31.4 Å². The first-order valence-electron chi connectivity index (χ1n) is 7.44. The van der Waals surface area contributed by atoms with E-state index in [0.717, 1.165) is 29.4 Å². The number of hydrogen-bond acceptors (Lipinski definition) is 3. The Bertz CT molecular complexity index is 738. The number of aryl methyl sites for hydroxylation is 1. The van der Waals surface area contributed by atoms with Gasteiger partial charge in [0.15, 0.2) is 0 Å². The molecule has 0 radical (unpaired) electrons. The van der Waals surface area contributed by atoms with Crippen molar-refractivity contribution >= 4 is 22.8 Å². The van der Waals surface area contributed by atoms with E-state index in [1.165, 1.54) is 0 Å². The van der Waals surface area contributed by atoms with Crippen LogP contribution in [0.3, 0.4) is 0 Å². The van der Waals surface area contributed by atoms with Gasteiger partial charge in [-0.25, -0.2) is 4.79 Å². The monoisotopic (exact) mass is 298 g/mol. The summed E-state index contributed by atoms with van der Waals surface area (Å²) in [6.45, 7) is 1.82. The summed E-state index contributed by atoms with van der Waals surface area (Å²) in [5.41, 5.74) is 1.95. The molecule has 5 nitrogen and oxygen atoms in total. The van der Waals surface area contributed by atoms with E-state index in [0.29, 0.717) is 17.9 Å². The molecule has 1 atom stereocenters. The molecule has 3 rings (SSSR count). The molecule has 1 aliphatic rings. The van der Waals surface area contributed by atoms with Crippen molar-refractivity contribution in [2.75, 3.05) is 0 Å². The summed E-state index contributed by atoms with van der Waals surface area (Å²) in [7, 11) is 0. The molecule has 1 fully saturated rings. The first kappa shape index (κ1) is 14.5. The molecule has 2 aromatic rings. The number of carbonyl (C=O) groups is 2. The van der Waals surface area contributed by atoms with Crippen molar-refractivity contribution < 1.29 is 14.7 Å². The van der Waals surface area contributed by atoms with Crippen molar-refractivity contribution in [3.05, 3.63) is 41.6 Å². The minimum atomic E-state index is -0.977. The minimum absolute atomic E-state index is 0.352. The Balaban J connectivity index is 1.89. The molecule has 22 heavy (non-hydrogen) atoms. The molecule has 0 spiro atoms. The van der Waals surface area contributed by atoms with Crippen molar-refractivity contribution in [2.45, 2.75) is 32.2 Å². The average molecular weight is 298 g/mol. The largest absolute Gasteiger partial charge is 0.480 e. The number of carboxylic acid groups (broad SMARTS) is 1. The zero-order valence-electron chi connectivity index (χ0n) is 12.4. The first-order valence-corrected chi connectivity index (χ1v) is 7.44. The van der Waals surface area contributed by atoms with Crippen LogP contribution in [0.1, 0.15) is 35.3 Å². The molecule has 0 saturated heterocycles. The van der Waals surface area contributed by atoms with Crippen molar-refractivity contribution in [3.63, 3.8) is 0 Å². The average Bonchev–Trinajstić information content (AvgIpc) is 3.29. The second-order valence-corrected chi connectivity index (χ2v) is 5.87. The van der Waals surface area contributed by atoms with Gasteiger partial charge in [0, 0.05) is 11.1 Å². The molecule has 0 aliphatic heterocycles. The minimum Gasteiger partial charge on any atom is -0.480 e. The molecule has 1 aromatic carbocycles. The van der Waals surface area contributed by atoms with Crippen LogP contribution < -0.4 is 5.32 Å². The molecule has 5 heteroatoms. The molecule has 1 amide bonds. The lowest BCUT2D eigenvalue weighted by Crippen LogP contribution is -2.41. The van der Waals surface area contributed by atoms with E-state index >= 15 is 0 Å². The van der Waals surface area contributed by atoms with Crippen LogP contribution in [0.15, 0.2) is 30.3 Å². The van der Waals surface area contributed by atoms with Gasteiger partial charge in [0.2, 0.25) is 0 Å². The van der Waals surface area contributed by atoms with Crippen LogP contribution in [0.5, 0.6) is 0 Å². The maximum absolute atomic E-state index is 12.5. The molecule has 1 heterocycles. The van der Waals surface area contributed by atoms with Crippen molar-refractivity contribution in [2.24, 2.45) is 5.92 Å². The van der Waals surface area contributed by atoms with Crippen LogP contribution in [-0.4, -0.2) is 28.0 Å². The molecule has 114 valence electrons. The highest BCUT2D eigenvalue weighted by Crippen LogP contribution is 2.33. The van der Waals surface area contributed by atoms with Gasteiger partial charge in [-0.1, -0.05) is 31.0 Å². The lowest BCUT2D eigenvalue weighted by atomic mass is 10.1. The van der Waals surface area contributed by atoms with E-state index < -0.39 is 12.0 Å². The fraction of sp³-hybridized carbons (Fsp3) is 0.353. The zero-order valence-corrected chi connectivity index (χ0v) is 12.4. The number of rotatable bonds is 5. The normalized spacial score (nSPS) is 15.5. The third-order valence-electron chi connectivity index (χ3n) is 3.96. The van der Waals surface area contributed by atoms with Gasteiger partial charge in [-0.3, -0.25) is 9.78 Å². The summed E-state index contributed by atoms with van der Waals surface area (Å²) in [4.78, 5) is 28.3. The number of pyridine rings is 1. The number of carbonyl (C=O) groups excluding carboxylic acids is 1. The second kappa shape index (κ2) is 5.75. The van der Waals surface area contributed by atoms with Crippen LogP contribution in [0.4, 0.5) is 0 Å². The second-order valence-electron chi connectivity index (χ2n) is 5.87. The van der Waals surface area contributed by atoms with Gasteiger partial charge in [-0.15, -0.1) is 0 Å².